The van der Waals surface area contributed by atoms with Crippen LogP contribution in [0.4, 0.5) is 34.1 Å². The first-order chi connectivity index (χ1) is 31.5. The lowest BCUT2D eigenvalue weighted by Crippen LogP contribution is -2.39. The van der Waals surface area contributed by atoms with Crippen molar-refractivity contribution >= 4 is 44.9 Å². The number of fused-ring (bicyclic) bond motifs is 6. The van der Waals surface area contributed by atoms with Crippen LogP contribution in [-0.4, -0.2) is 0 Å². The number of rotatable bonds is 7. The molecule has 0 atom stereocenters. The van der Waals surface area contributed by atoms with Crippen molar-refractivity contribution in [3.8, 4) is 22.3 Å². The Morgan fingerprint density at radius 3 is 1.58 bits per heavy atom. The molecule has 0 amide bonds. The molecule has 2 nitrogen and oxygen atoms in total. The van der Waals surface area contributed by atoms with Gasteiger partial charge in [-0.05, 0) is 116 Å². The average molecular weight is 819 g/mol. The zero-order valence-electron chi connectivity index (χ0n) is 36.0. The molecule has 0 N–H and O–H groups in total. The SMILES string of the molecule is CC1(C)c2ccccc2-c2cccc(C3(c4ccccc4)c4ccccc4N(c4ccc(-c5ccc(N(c6ccccc6)c6cccc7ccccc67)cc5)cc4)c4ccccc43)c21. The smallest absolute Gasteiger partial charge is 0.0745 e. The Labute approximate surface area is 376 Å². The predicted molar refractivity (Wildman–Crippen MR) is 268 cm³/mol. The number of nitrogens with zero attached hydrogens (tertiary/aromatic N) is 2. The molecular formula is C62H46N2. The van der Waals surface area contributed by atoms with Gasteiger partial charge in [0.05, 0.1) is 22.5 Å². The normalized spacial score (nSPS) is 14.0. The fraction of sp³-hybridized carbons (Fsp3) is 0.0645. The van der Waals surface area contributed by atoms with Crippen LogP contribution in [0.15, 0.2) is 243 Å². The Balaban J connectivity index is 0.972. The van der Waals surface area contributed by atoms with Crippen molar-refractivity contribution < 1.29 is 0 Å². The van der Waals surface area contributed by atoms with E-state index in [9.17, 15) is 0 Å². The standard InChI is InChI=1S/C62H46N2/c1-61(2)53-28-12-11-26-51(53)52-27-18-31-56(60(52)61)62(46-21-5-3-6-22-46)54-29-13-15-32-58(54)64(59-33-16-14-30-55(59)62)49-41-37-44(38-42-49)43-35-39-48(40-36-43)63(47-23-7-4-8-24-47)57-34-17-20-45-19-9-10-25-50(45)57/h3-42H,1-2H3. The highest BCUT2D eigenvalue weighted by Crippen LogP contribution is 2.61. The maximum atomic E-state index is 2.48. The van der Waals surface area contributed by atoms with Crippen molar-refractivity contribution in [2.75, 3.05) is 9.80 Å². The van der Waals surface area contributed by atoms with Crippen LogP contribution in [0, 0.1) is 0 Å². The molecule has 0 aromatic heterocycles. The second-order valence-corrected chi connectivity index (χ2v) is 17.6. The Morgan fingerprint density at radius 2 is 0.875 bits per heavy atom. The van der Waals surface area contributed by atoms with Crippen LogP contribution in [0.5, 0.6) is 0 Å². The van der Waals surface area contributed by atoms with Gasteiger partial charge in [0.15, 0.2) is 0 Å². The van der Waals surface area contributed by atoms with Crippen molar-refractivity contribution in [2.24, 2.45) is 0 Å². The van der Waals surface area contributed by atoms with Gasteiger partial charge < -0.3 is 9.80 Å². The summed E-state index contributed by atoms with van der Waals surface area (Å²) in [7, 11) is 0. The monoisotopic (exact) mass is 818 g/mol. The molecule has 1 heterocycles. The van der Waals surface area contributed by atoms with Crippen molar-refractivity contribution in [1.82, 2.24) is 0 Å². The lowest BCUT2D eigenvalue weighted by atomic mass is 9.59. The van der Waals surface area contributed by atoms with Crippen molar-refractivity contribution in [3.05, 3.63) is 276 Å². The molecule has 1 aliphatic heterocycles. The van der Waals surface area contributed by atoms with Crippen LogP contribution >= 0.6 is 0 Å². The summed E-state index contributed by atoms with van der Waals surface area (Å²) in [5.74, 6) is 0. The Bertz CT molecular complexity index is 3300. The maximum Gasteiger partial charge on any atom is 0.0745 e. The highest BCUT2D eigenvalue weighted by Gasteiger charge is 2.50. The van der Waals surface area contributed by atoms with E-state index in [0.717, 1.165) is 22.7 Å². The van der Waals surface area contributed by atoms with Gasteiger partial charge in [-0.3, -0.25) is 0 Å². The van der Waals surface area contributed by atoms with Crippen LogP contribution in [-0.2, 0) is 10.8 Å². The minimum atomic E-state index is -0.586. The summed E-state index contributed by atoms with van der Waals surface area (Å²) in [5, 5.41) is 2.44. The summed E-state index contributed by atoms with van der Waals surface area (Å²) in [6.45, 7) is 4.82. The fourth-order valence-corrected chi connectivity index (χ4v) is 11.1. The molecule has 2 heteroatoms. The number of hydrogen-bond acceptors (Lipinski definition) is 2. The van der Waals surface area contributed by atoms with Crippen LogP contribution < -0.4 is 9.80 Å². The van der Waals surface area contributed by atoms with Crippen molar-refractivity contribution in [1.29, 1.82) is 0 Å². The van der Waals surface area contributed by atoms with Gasteiger partial charge in [0, 0.05) is 27.9 Å². The third-order valence-electron chi connectivity index (χ3n) is 13.9. The van der Waals surface area contributed by atoms with Gasteiger partial charge in [0.1, 0.15) is 0 Å². The van der Waals surface area contributed by atoms with Gasteiger partial charge in [-0.1, -0.05) is 202 Å². The van der Waals surface area contributed by atoms with E-state index in [1.165, 1.54) is 77.8 Å². The minimum Gasteiger partial charge on any atom is -0.310 e. The molecule has 0 unspecified atom stereocenters. The second-order valence-electron chi connectivity index (χ2n) is 17.6. The van der Waals surface area contributed by atoms with Gasteiger partial charge in [-0.15, -0.1) is 0 Å². The van der Waals surface area contributed by atoms with Gasteiger partial charge in [-0.2, -0.15) is 0 Å². The first-order valence-corrected chi connectivity index (χ1v) is 22.4. The summed E-state index contributed by atoms with van der Waals surface area (Å²) < 4.78 is 0. The lowest BCUT2D eigenvalue weighted by Gasteiger charge is -2.48. The first kappa shape index (κ1) is 37.8. The van der Waals surface area contributed by atoms with Crippen LogP contribution in [0.3, 0.4) is 0 Å². The molecule has 1 aliphatic carbocycles. The molecule has 64 heavy (non-hydrogen) atoms. The second kappa shape index (κ2) is 14.9. The largest absolute Gasteiger partial charge is 0.310 e. The molecule has 0 saturated heterocycles. The summed E-state index contributed by atoms with van der Waals surface area (Å²) in [4.78, 5) is 4.84. The Hall–Kier alpha value is -7.94. The first-order valence-electron chi connectivity index (χ1n) is 22.4. The fourth-order valence-electron chi connectivity index (χ4n) is 11.1. The minimum absolute atomic E-state index is 0.199. The molecule has 10 aromatic carbocycles. The molecule has 0 radical (unpaired) electrons. The van der Waals surface area contributed by atoms with Crippen molar-refractivity contribution in [3.63, 3.8) is 0 Å². The molecule has 2 aliphatic rings. The highest BCUT2D eigenvalue weighted by molar-refractivity contribution is 5.99. The van der Waals surface area contributed by atoms with Gasteiger partial charge in [-0.25, -0.2) is 0 Å². The molecule has 12 rings (SSSR count). The number of hydrogen-bond donors (Lipinski definition) is 0. The summed E-state index contributed by atoms with van der Waals surface area (Å²) in [6, 6.07) is 89.4. The maximum absolute atomic E-state index is 2.48. The summed E-state index contributed by atoms with van der Waals surface area (Å²) in [6.07, 6.45) is 0. The van der Waals surface area contributed by atoms with Crippen LogP contribution in [0.25, 0.3) is 33.0 Å². The van der Waals surface area contributed by atoms with Crippen molar-refractivity contribution in [2.45, 2.75) is 24.7 Å². The Morgan fingerprint density at radius 1 is 0.375 bits per heavy atom. The molecule has 0 spiro atoms. The van der Waals surface area contributed by atoms with Crippen LogP contribution in [0.2, 0.25) is 0 Å². The topological polar surface area (TPSA) is 6.48 Å². The number of benzene rings is 10. The van der Waals surface area contributed by atoms with Crippen LogP contribution in [0.1, 0.15) is 47.2 Å². The average Bonchev–Trinajstić information content (AvgIpc) is 3.60. The van der Waals surface area contributed by atoms with E-state index >= 15 is 0 Å². The Kier molecular flexibility index (Phi) is 8.77. The molecule has 10 aromatic rings. The summed E-state index contributed by atoms with van der Waals surface area (Å²) >= 11 is 0. The zero-order valence-corrected chi connectivity index (χ0v) is 36.0. The van der Waals surface area contributed by atoms with E-state index in [0.29, 0.717) is 0 Å². The van der Waals surface area contributed by atoms with Gasteiger partial charge in [0.2, 0.25) is 0 Å². The number of para-hydroxylation sites is 3. The summed E-state index contributed by atoms with van der Waals surface area (Å²) in [5.41, 5.74) is 19.0. The molecule has 0 fully saturated rings. The van der Waals surface area contributed by atoms with E-state index in [2.05, 4.69) is 266 Å². The molecule has 0 bridgehead atoms. The number of anilines is 6. The molecule has 304 valence electrons. The van der Waals surface area contributed by atoms with E-state index in [1.54, 1.807) is 0 Å². The van der Waals surface area contributed by atoms with E-state index in [-0.39, 0.29) is 5.41 Å². The highest BCUT2D eigenvalue weighted by atomic mass is 15.2. The third kappa shape index (κ3) is 5.65. The molecular weight excluding hydrogens is 773 g/mol. The predicted octanol–water partition coefficient (Wildman–Crippen LogP) is 16.4. The zero-order chi connectivity index (χ0) is 42.8. The van der Waals surface area contributed by atoms with Gasteiger partial charge >= 0.3 is 0 Å². The lowest BCUT2D eigenvalue weighted by molar-refractivity contribution is 0.625. The van der Waals surface area contributed by atoms with E-state index in [1.807, 2.05) is 0 Å². The van der Waals surface area contributed by atoms with Gasteiger partial charge in [0.25, 0.3) is 0 Å². The molecule has 0 saturated carbocycles. The third-order valence-corrected chi connectivity index (χ3v) is 13.9. The quantitative estimate of drug-likeness (QED) is 0.158. The van der Waals surface area contributed by atoms with E-state index in [4.69, 9.17) is 0 Å². The van der Waals surface area contributed by atoms with E-state index < -0.39 is 5.41 Å².